The summed E-state index contributed by atoms with van der Waals surface area (Å²) < 4.78 is 0. The average Bonchev–Trinajstić information content (AvgIpc) is 2.85. The van der Waals surface area contributed by atoms with E-state index < -0.39 is 0 Å². The van der Waals surface area contributed by atoms with Crippen molar-refractivity contribution in [1.82, 2.24) is 15.2 Å². The van der Waals surface area contributed by atoms with Crippen LogP contribution in [-0.2, 0) is 4.79 Å². The zero-order valence-electron chi connectivity index (χ0n) is 11.8. The lowest BCUT2D eigenvalue weighted by atomic mass is 10.1. The van der Waals surface area contributed by atoms with Crippen molar-refractivity contribution >= 4 is 22.4 Å². The lowest BCUT2D eigenvalue weighted by Gasteiger charge is -2.35. The molecule has 0 aromatic carbocycles. The summed E-state index contributed by atoms with van der Waals surface area (Å²) in [6.45, 7) is 8.09. The predicted molar refractivity (Wildman–Crippen MR) is 78.7 cm³/mol. The highest BCUT2D eigenvalue weighted by atomic mass is 32.1. The van der Waals surface area contributed by atoms with Crippen molar-refractivity contribution in [2.24, 2.45) is 5.92 Å². The van der Waals surface area contributed by atoms with Gasteiger partial charge in [-0.15, -0.1) is 11.3 Å². The Morgan fingerprint density at radius 2 is 2.16 bits per heavy atom. The van der Waals surface area contributed by atoms with Crippen LogP contribution in [0.1, 0.15) is 12.6 Å². The molecular formula is C13H22N4OS. The lowest BCUT2D eigenvalue weighted by molar-refractivity contribution is -0.135. The smallest absolute Gasteiger partial charge is 0.226 e. The number of nitrogens with zero attached hydrogens (tertiary/aromatic N) is 3. The van der Waals surface area contributed by atoms with Crippen LogP contribution in [0.15, 0.2) is 5.38 Å². The minimum absolute atomic E-state index is 0.0543. The van der Waals surface area contributed by atoms with Gasteiger partial charge in [0.05, 0.1) is 5.69 Å². The predicted octanol–water partition coefficient (Wildman–Crippen LogP) is 0.956. The minimum atomic E-state index is 0.0543. The molecule has 0 bridgehead atoms. The number of rotatable bonds is 4. The third-order valence-corrected chi connectivity index (χ3v) is 4.42. The first-order chi connectivity index (χ1) is 9.11. The number of carbonyl (C=O) groups is 1. The summed E-state index contributed by atoms with van der Waals surface area (Å²) in [6, 6.07) is 0. The summed E-state index contributed by atoms with van der Waals surface area (Å²) in [6.07, 6.45) is 0. The van der Waals surface area contributed by atoms with Crippen molar-refractivity contribution in [3.8, 4) is 0 Å². The van der Waals surface area contributed by atoms with Crippen molar-refractivity contribution < 1.29 is 4.79 Å². The standard InChI is InChI=1S/C13H22N4OS/c1-10(8-14-3)12(18)16-4-6-17(7-5-16)13-15-11(2)9-19-13/h9-10,14H,4-8H2,1-3H3. The van der Waals surface area contributed by atoms with E-state index in [1.54, 1.807) is 11.3 Å². The van der Waals surface area contributed by atoms with E-state index in [1.165, 1.54) is 0 Å². The number of anilines is 1. The van der Waals surface area contributed by atoms with Crippen LogP contribution in [0.2, 0.25) is 0 Å². The Balaban J connectivity index is 1.87. The Kier molecular flexibility index (Phi) is 4.76. The Morgan fingerprint density at radius 1 is 1.47 bits per heavy atom. The summed E-state index contributed by atoms with van der Waals surface area (Å²) in [5.41, 5.74) is 1.07. The van der Waals surface area contributed by atoms with Crippen LogP contribution in [0.25, 0.3) is 0 Å². The summed E-state index contributed by atoms with van der Waals surface area (Å²) in [4.78, 5) is 20.9. The SMILES string of the molecule is CNCC(C)C(=O)N1CCN(c2nc(C)cs2)CC1. The second kappa shape index (κ2) is 6.34. The average molecular weight is 282 g/mol. The number of thiazole rings is 1. The number of hydrogen-bond donors (Lipinski definition) is 1. The summed E-state index contributed by atoms with van der Waals surface area (Å²) in [7, 11) is 1.88. The molecule has 2 rings (SSSR count). The molecule has 1 unspecified atom stereocenters. The van der Waals surface area contributed by atoms with E-state index in [2.05, 4.69) is 20.6 Å². The van der Waals surface area contributed by atoms with E-state index in [1.807, 2.05) is 25.8 Å². The number of aromatic nitrogens is 1. The molecule has 2 heterocycles. The van der Waals surface area contributed by atoms with E-state index in [9.17, 15) is 4.79 Å². The maximum atomic E-state index is 12.2. The molecule has 6 heteroatoms. The molecule has 1 saturated heterocycles. The monoisotopic (exact) mass is 282 g/mol. The van der Waals surface area contributed by atoms with Crippen LogP contribution in [-0.4, -0.2) is 55.6 Å². The molecule has 0 radical (unpaired) electrons. The quantitative estimate of drug-likeness (QED) is 0.893. The first-order valence-electron chi connectivity index (χ1n) is 6.72. The molecule has 1 N–H and O–H groups in total. The molecule has 19 heavy (non-hydrogen) atoms. The molecule has 1 aliphatic rings. The number of piperazine rings is 1. The topological polar surface area (TPSA) is 48.5 Å². The Bertz CT molecular complexity index is 426. The summed E-state index contributed by atoms with van der Waals surface area (Å²) in [5, 5.41) is 6.21. The second-order valence-corrected chi connectivity index (χ2v) is 5.88. The third kappa shape index (κ3) is 3.45. The normalized spacial score (nSPS) is 17.6. The molecular weight excluding hydrogens is 260 g/mol. The number of nitrogens with one attached hydrogen (secondary N) is 1. The van der Waals surface area contributed by atoms with Gasteiger partial charge in [0.15, 0.2) is 5.13 Å². The minimum Gasteiger partial charge on any atom is -0.345 e. The van der Waals surface area contributed by atoms with Gasteiger partial charge in [-0.1, -0.05) is 6.92 Å². The highest BCUT2D eigenvalue weighted by Gasteiger charge is 2.25. The fourth-order valence-electron chi connectivity index (χ4n) is 2.31. The van der Waals surface area contributed by atoms with Crippen LogP contribution >= 0.6 is 11.3 Å². The summed E-state index contributed by atoms with van der Waals surface area (Å²) in [5.74, 6) is 0.308. The van der Waals surface area contributed by atoms with E-state index in [0.717, 1.165) is 43.5 Å². The van der Waals surface area contributed by atoms with Gasteiger partial charge in [-0.3, -0.25) is 4.79 Å². The maximum Gasteiger partial charge on any atom is 0.226 e. The third-order valence-electron chi connectivity index (χ3n) is 3.40. The Morgan fingerprint density at radius 3 is 2.68 bits per heavy atom. The van der Waals surface area contributed by atoms with Crippen molar-refractivity contribution in [1.29, 1.82) is 0 Å². The zero-order chi connectivity index (χ0) is 13.8. The molecule has 0 aliphatic carbocycles. The van der Waals surface area contributed by atoms with Crippen LogP contribution in [0.3, 0.4) is 0 Å². The van der Waals surface area contributed by atoms with Gasteiger partial charge < -0.3 is 15.1 Å². The first-order valence-corrected chi connectivity index (χ1v) is 7.60. The largest absolute Gasteiger partial charge is 0.345 e. The van der Waals surface area contributed by atoms with E-state index in [-0.39, 0.29) is 11.8 Å². The molecule has 1 aromatic heterocycles. The van der Waals surface area contributed by atoms with Crippen molar-refractivity contribution in [3.05, 3.63) is 11.1 Å². The van der Waals surface area contributed by atoms with Crippen LogP contribution in [0.5, 0.6) is 0 Å². The second-order valence-electron chi connectivity index (χ2n) is 5.04. The molecule has 0 spiro atoms. The first kappa shape index (κ1) is 14.3. The van der Waals surface area contributed by atoms with Crippen LogP contribution in [0.4, 0.5) is 5.13 Å². The van der Waals surface area contributed by atoms with Gasteiger partial charge in [0.1, 0.15) is 0 Å². The Labute approximate surface area is 118 Å². The fraction of sp³-hybridized carbons (Fsp3) is 0.692. The molecule has 5 nitrogen and oxygen atoms in total. The van der Waals surface area contributed by atoms with Gasteiger partial charge in [0.25, 0.3) is 0 Å². The van der Waals surface area contributed by atoms with Gasteiger partial charge in [-0.25, -0.2) is 4.98 Å². The highest BCUT2D eigenvalue weighted by Crippen LogP contribution is 2.21. The molecule has 0 saturated carbocycles. The number of amides is 1. The highest BCUT2D eigenvalue weighted by molar-refractivity contribution is 7.13. The molecule has 1 aliphatic heterocycles. The van der Waals surface area contributed by atoms with E-state index >= 15 is 0 Å². The Hall–Kier alpha value is -1.14. The number of hydrogen-bond acceptors (Lipinski definition) is 5. The van der Waals surface area contributed by atoms with Crippen molar-refractivity contribution in [2.45, 2.75) is 13.8 Å². The molecule has 1 atom stereocenters. The van der Waals surface area contributed by atoms with Gasteiger partial charge in [-0.2, -0.15) is 0 Å². The van der Waals surface area contributed by atoms with Gasteiger partial charge >= 0.3 is 0 Å². The van der Waals surface area contributed by atoms with Crippen molar-refractivity contribution in [3.63, 3.8) is 0 Å². The molecule has 106 valence electrons. The van der Waals surface area contributed by atoms with Crippen LogP contribution in [0, 0.1) is 12.8 Å². The molecule has 1 aromatic rings. The van der Waals surface area contributed by atoms with E-state index in [0.29, 0.717) is 0 Å². The van der Waals surface area contributed by atoms with Gasteiger partial charge in [-0.05, 0) is 14.0 Å². The zero-order valence-corrected chi connectivity index (χ0v) is 12.7. The number of aryl methyl sites for hydroxylation is 1. The molecule has 1 amide bonds. The van der Waals surface area contributed by atoms with Crippen molar-refractivity contribution in [2.75, 3.05) is 44.7 Å². The summed E-state index contributed by atoms with van der Waals surface area (Å²) >= 11 is 1.68. The lowest BCUT2D eigenvalue weighted by Crippen LogP contribution is -2.51. The van der Waals surface area contributed by atoms with E-state index in [4.69, 9.17) is 0 Å². The maximum absolute atomic E-state index is 12.2. The van der Waals surface area contributed by atoms with Crippen LogP contribution < -0.4 is 10.2 Å². The fourth-order valence-corrected chi connectivity index (χ4v) is 3.17. The van der Waals surface area contributed by atoms with Gasteiger partial charge in [0.2, 0.25) is 5.91 Å². The molecule has 1 fully saturated rings. The van der Waals surface area contributed by atoms with Gasteiger partial charge in [0, 0.05) is 44.0 Å². The number of carbonyl (C=O) groups excluding carboxylic acids is 1.